The fourth-order valence-corrected chi connectivity index (χ4v) is 10.6. The molecule has 3 unspecified atom stereocenters. The van der Waals surface area contributed by atoms with Crippen LogP contribution in [0.2, 0.25) is 0 Å². The molecule has 0 aromatic heterocycles. The molecule has 81 heavy (non-hydrogen) atoms. The van der Waals surface area contributed by atoms with Gasteiger partial charge < -0.3 is 33.8 Å². The van der Waals surface area contributed by atoms with Crippen LogP contribution in [-0.2, 0) is 65.4 Å². The van der Waals surface area contributed by atoms with E-state index < -0.39 is 97.5 Å². The summed E-state index contributed by atoms with van der Waals surface area (Å²) in [6.07, 6.45) is 31.1. The number of rotatable bonds is 59. The number of phosphoric ester groups is 2. The van der Waals surface area contributed by atoms with E-state index in [9.17, 15) is 43.2 Å². The molecule has 17 nitrogen and oxygen atoms in total. The van der Waals surface area contributed by atoms with Gasteiger partial charge in [-0.2, -0.15) is 0 Å². The summed E-state index contributed by atoms with van der Waals surface area (Å²) < 4.78 is 67.8. The average Bonchev–Trinajstić information content (AvgIpc) is 3.41. The normalized spacial score (nSPS) is 14.8. The van der Waals surface area contributed by atoms with Crippen molar-refractivity contribution in [3.8, 4) is 0 Å². The smallest absolute Gasteiger partial charge is 0.462 e. The highest BCUT2D eigenvalue weighted by Crippen LogP contribution is 2.45. The highest BCUT2D eigenvalue weighted by molar-refractivity contribution is 7.47. The molecular weight excluding hydrogens is 1080 g/mol. The molecule has 480 valence electrons. The zero-order chi connectivity index (χ0) is 60.4. The molecule has 0 bridgehead atoms. The fourth-order valence-electron chi connectivity index (χ4n) is 9.04. The van der Waals surface area contributed by atoms with Crippen molar-refractivity contribution in [3.63, 3.8) is 0 Å². The van der Waals surface area contributed by atoms with Crippen molar-refractivity contribution < 1.29 is 80.2 Å². The van der Waals surface area contributed by atoms with E-state index in [0.29, 0.717) is 37.5 Å². The first-order chi connectivity index (χ1) is 38.6. The number of carbonyl (C=O) groups excluding carboxylic acids is 4. The highest BCUT2D eigenvalue weighted by Gasteiger charge is 2.30. The summed E-state index contributed by atoms with van der Waals surface area (Å²) in [5.41, 5.74) is 0. The first-order valence-electron chi connectivity index (χ1n) is 32.2. The second-order valence-electron chi connectivity index (χ2n) is 24.1. The van der Waals surface area contributed by atoms with E-state index in [-0.39, 0.29) is 25.7 Å². The van der Waals surface area contributed by atoms with Crippen LogP contribution >= 0.6 is 15.6 Å². The molecule has 6 atom stereocenters. The van der Waals surface area contributed by atoms with Gasteiger partial charge in [0, 0.05) is 25.7 Å². The second kappa shape index (κ2) is 52.4. The maximum atomic E-state index is 12.9. The van der Waals surface area contributed by atoms with Gasteiger partial charge in [-0.3, -0.25) is 37.3 Å². The molecule has 0 aliphatic heterocycles. The Balaban J connectivity index is 5.24. The largest absolute Gasteiger partial charge is 0.472 e. The molecule has 0 aliphatic rings. The predicted molar refractivity (Wildman–Crippen MR) is 321 cm³/mol. The van der Waals surface area contributed by atoms with Crippen LogP contribution < -0.4 is 0 Å². The van der Waals surface area contributed by atoms with Gasteiger partial charge in [0.2, 0.25) is 0 Å². The first-order valence-corrected chi connectivity index (χ1v) is 35.2. The molecule has 0 heterocycles. The van der Waals surface area contributed by atoms with Crippen molar-refractivity contribution in [3.05, 3.63) is 0 Å². The summed E-state index contributed by atoms with van der Waals surface area (Å²) in [6, 6.07) is 0. The minimum absolute atomic E-state index is 0.100. The molecule has 0 fully saturated rings. The van der Waals surface area contributed by atoms with Gasteiger partial charge in [0.25, 0.3) is 0 Å². The summed E-state index contributed by atoms with van der Waals surface area (Å²) in [4.78, 5) is 72.0. The van der Waals surface area contributed by atoms with Crippen LogP contribution in [-0.4, -0.2) is 96.7 Å². The number of unbranched alkanes of at least 4 members (excludes halogenated alkanes) is 24. The Kier molecular flexibility index (Phi) is 51.1. The van der Waals surface area contributed by atoms with Gasteiger partial charge in [-0.25, -0.2) is 9.13 Å². The maximum absolute atomic E-state index is 12.9. The SMILES string of the molecule is CCC(C)CCCCCCCCC(=O)OC[C@H](COP(=O)(O)OC[C@@H](O)COP(=O)(O)OC[C@@H](COC(=O)CCCCCCCCC(C)C)OC(=O)CCCCCCCCCCCCC(C)C)OC(=O)CCCCCCCCC(C)C. The highest BCUT2D eigenvalue weighted by atomic mass is 31.2. The Hall–Kier alpha value is -1.94. The molecule has 0 amide bonds. The topological polar surface area (TPSA) is 237 Å². The minimum Gasteiger partial charge on any atom is -0.462 e. The van der Waals surface area contributed by atoms with Crippen molar-refractivity contribution in [1.29, 1.82) is 0 Å². The quantitative estimate of drug-likeness (QED) is 0.0222. The van der Waals surface area contributed by atoms with Crippen LogP contribution in [0.4, 0.5) is 0 Å². The molecular formula is C62H120O17P2. The first kappa shape index (κ1) is 79.1. The lowest BCUT2D eigenvalue weighted by atomic mass is 10.00. The van der Waals surface area contributed by atoms with Crippen LogP contribution in [0.3, 0.4) is 0 Å². The molecule has 0 aromatic rings. The molecule has 0 spiro atoms. The molecule has 19 heteroatoms. The summed E-state index contributed by atoms with van der Waals surface area (Å²) in [5.74, 6) is 0.684. The average molecular weight is 1200 g/mol. The van der Waals surface area contributed by atoms with Gasteiger partial charge in [-0.1, -0.05) is 242 Å². The van der Waals surface area contributed by atoms with Crippen LogP contribution in [0.25, 0.3) is 0 Å². The van der Waals surface area contributed by atoms with Crippen molar-refractivity contribution in [2.75, 3.05) is 39.6 Å². The van der Waals surface area contributed by atoms with Gasteiger partial charge >= 0.3 is 39.5 Å². The van der Waals surface area contributed by atoms with E-state index in [0.717, 1.165) is 115 Å². The summed E-state index contributed by atoms with van der Waals surface area (Å²) in [5, 5.41) is 10.5. The van der Waals surface area contributed by atoms with Crippen molar-refractivity contribution in [1.82, 2.24) is 0 Å². The van der Waals surface area contributed by atoms with Crippen LogP contribution in [0.15, 0.2) is 0 Å². The van der Waals surface area contributed by atoms with E-state index in [1.54, 1.807) is 0 Å². The number of esters is 4. The monoisotopic (exact) mass is 1200 g/mol. The van der Waals surface area contributed by atoms with E-state index in [1.165, 1.54) is 83.5 Å². The minimum atomic E-state index is -4.94. The Morgan fingerprint density at radius 2 is 0.593 bits per heavy atom. The maximum Gasteiger partial charge on any atom is 0.472 e. The molecule has 0 radical (unpaired) electrons. The number of phosphoric acid groups is 2. The molecule has 0 rings (SSSR count). The van der Waals surface area contributed by atoms with Gasteiger partial charge in [-0.05, 0) is 49.4 Å². The Bertz CT molecular complexity index is 1630. The third kappa shape index (κ3) is 55.7. The number of aliphatic hydroxyl groups is 1. The van der Waals surface area contributed by atoms with Gasteiger partial charge in [0.15, 0.2) is 12.2 Å². The fraction of sp³-hybridized carbons (Fsp3) is 0.935. The Morgan fingerprint density at radius 1 is 0.346 bits per heavy atom. The molecule has 3 N–H and O–H groups in total. The van der Waals surface area contributed by atoms with Gasteiger partial charge in [0.1, 0.15) is 19.3 Å². The zero-order valence-electron chi connectivity index (χ0n) is 52.4. The molecule has 0 saturated heterocycles. The second-order valence-corrected chi connectivity index (χ2v) is 27.0. The predicted octanol–water partition coefficient (Wildman–Crippen LogP) is 16.6. The molecule has 0 saturated carbocycles. The lowest BCUT2D eigenvalue weighted by Gasteiger charge is -2.21. The standard InChI is InChI=1S/C62H120O17P2/c1-9-55(8)41-33-25-18-21-27-35-43-60(65)73-49-58(79-62(67)45-37-29-20-17-24-32-40-54(6)7)51-77-81(70,71)75-47-56(63)46-74-80(68,69)76-50-57(48-72-59(64)42-34-26-19-16-23-31-39-53(4)5)78-61(66)44-36-28-15-13-11-10-12-14-22-30-38-52(2)3/h52-58,63H,9-51H2,1-8H3,(H,68,69)(H,70,71)/t55?,56-,57+,58+/m0/s1. The van der Waals surface area contributed by atoms with E-state index in [4.69, 9.17) is 37.0 Å². The number of hydrogen-bond donors (Lipinski definition) is 3. The molecule has 0 aromatic carbocycles. The third-order valence-corrected chi connectivity index (χ3v) is 16.3. The van der Waals surface area contributed by atoms with E-state index in [1.807, 2.05) is 0 Å². The molecule has 0 aliphatic carbocycles. The van der Waals surface area contributed by atoms with Crippen LogP contribution in [0, 0.1) is 23.7 Å². The Labute approximate surface area is 492 Å². The van der Waals surface area contributed by atoms with Crippen molar-refractivity contribution >= 4 is 39.5 Å². The number of ether oxygens (including phenoxy) is 4. The van der Waals surface area contributed by atoms with Crippen molar-refractivity contribution in [2.45, 2.75) is 311 Å². The lowest BCUT2D eigenvalue weighted by molar-refractivity contribution is -0.161. The summed E-state index contributed by atoms with van der Waals surface area (Å²) in [7, 11) is -9.88. The van der Waals surface area contributed by atoms with Crippen LogP contribution in [0.5, 0.6) is 0 Å². The van der Waals surface area contributed by atoms with Crippen LogP contribution in [0.1, 0.15) is 293 Å². The Morgan fingerprint density at radius 3 is 0.877 bits per heavy atom. The van der Waals surface area contributed by atoms with Gasteiger partial charge in [0.05, 0.1) is 26.4 Å². The van der Waals surface area contributed by atoms with E-state index in [2.05, 4.69) is 55.4 Å². The zero-order valence-corrected chi connectivity index (χ0v) is 54.2. The number of carbonyl (C=O) groups is 4. The van der Waals surface area contributed by atoms with Crippen molar-refractivity contribution in [2.24, 2.45) is 23.7 Å². The lowest BCUT2D eigenvalue weighted by Crippen LogP contribution is -2.30. The van der Waals surface area contributed by atoms with Gasteiger partial charge in [-0.15, -0.1) is 0 Å². The van der Waals surface area contributed by atoms with E-state index >= 15 is 0 Å². The summed E-state index contributed by atoms with van der Waals surface area (Å²) >= 11 is 0. The number of hydrogen-bond acceptors (Lipinski definition) is 15. The summed E-state index contributed by atoms with van der Waals surface area (Å²) in [6.45, 7) is 13.8. The third-order valence-electron chi connectivity index (χ3n) is 14.4. The number of aliphatic hydroxyl groups excluding tert-OH is 1.